The van der Waals surface area contributed by atoms with E-state index in [9.17, 15) is 9.90 Å². The molecule has 1 unspecified atom stereocenters. The zero-order chi connectivity index (χ0) is 15.0. The molecule has 2 aromatic rings. The smallest absolute Gasteiger partial charge is 0.324 e. The molecule has 1 N–H and O–H groups in total. The van der Waals surface area contributed by atoms with Crippen molar-refractivity contribution in [2.75, 3.05) is 6.54 Å². The Labute approximate surface area is 125 Å². The summed E-state index contributed by atoms with van der Waals surface area (Å²) in [6, 6.07) is 8.30. The van der Waals surface area contributed by atoms with Crippen LogP contribution in [0, 0.1) is 0 Å². The van der Waals surface area contributed by atoms with Gasteiger partial charge in [0.05, 0.1) is 0 Å². The van der Waals surface area contributed by atoms with Crippen molar-refractivity contribution in [1.29, 1.82) is 0 Å². The molecule has 0 aliphatic carbocycles. The molecule has 1 aromatic heterocycles. The Balaban J connectivity index is 1.97. The number of carboxylic acids is 1. The first kappa shape index (κ1) is 14.1. The van der Waals surface area contributed by atoms with Gasteiger partial charge in [0.25, 0.3) is 0 Å². The molecule has 2 heterocycles. The molecule has 0 saturated carbocycles. The maximum Gasteiger partial charge on any atom is 0.324 e. The lowest BCUT2D eigenvalue weighted by atomic mass is 9.92. The maximum absolute atomic E-state index is 11.8. The van der Waals surface area contributed by atoms with Gasteiger partial charge >= 0.3 is 5.97 Å². The fraction of sp³-hybridized carbons (Fsp3) is 0.471. The van der Waals surface area contributed by atoms with E-state index in [2.05, 4.69) is 27.8 Å². The number of fused-ring (bicyclic) bond motifs is 1. The van der Waals surface area contributed by atoms with Crippen LogP contribution in [0.1, 0.15) is 31.7 Å². The summed E-state index contributed by atoms with van der Waals surface area (Å²) in [5, 5.41) is 10.9. The minimum absolute atomic E-state index is 0.660. The Morgan fingerprint density at radius 1 is 1.38 bits per heavy atom. The van der Waals surface area contributed by atoms with Crippen molar-refractivity contribution >= 4 is 16.9 Å². The van der Waals surface area contributed by atoms with Crippen LogP contribution in [-0.2, 0) is 18.4 Å². The van der Waals surface area contributed by atoms with E-state index in [0.717, 1.165) is 19.4 Å². The lowest BCUT2D eigenvalue weighted by molar-refractivity contribution is -0.150. The van der Waals surface area contributed by atoms with E-state index in [-0.39, 0.29) is 0 Å². The summed E-state index contributed by atoms with van der Waals surface area (Å²) >= 11 is 0. The second-order valence-electron chi connectivity index (χ2n) is 6.00. The van der Waals surface area contributed by atoms with Gasteiger partial charge in [0.15, 0.2) is 0 Å². The van der Waals surface area contributed by atoms with Crippen molar-refractivity contribution in [2.45, 2.75) is 38.3 Å². The van der Waals surface area contributed by atoms with E-state index >= 15 is 0 Å². The molecule has 4 nitrogen and oxygen atoms in total. The molecule has 0 bridgehead atoms. The topological polar surface area (TPSA) is 45.5 Å². The van der Waals surface area contributed by atoms with Gasteiger partial charge in [-0.3, -0.25) is 9.69 Å². The summed E-state index contributed by atoms with van der Waals surface area (Å²) < 4.78 is 2.12. The highest BCUT2D eigenvalue weighted by Crippen LogP contribution is 2.35. The van der Waals surface area contributed by atoms with Gasteiger partial charge in [-0.25, -0.2) is 0 Å². The zero-order valence-corrected chi connectivity index (χ0v) is 12.7. The van der Waals surface area contributed by atoms with Gasteiger partial charge in [0.1, 0.15) is 5.54 Å². The van der Waals surface area contributed by atoms with Gasteiger partial charge in [-0.05, 0) is 37.4 Å². The molecule has 1 atom stereocenters. The highest BCUT2D eigenvalue weighted by atomic mass is 16.4. The van der Waals surface area contributed by atoms with Crippen molar-refractivity contribution in [3.8, 4) is 0 Å². The second kappa shape index (κ2) is 5.19. The minimum Gasteiger partial charge on any atom is -0.480 e. The number of para-hydroxylation sites is 1. The predicted octanol–water partition coefficient (Wildman–Crippen LogP) is 3.01. The lowest BCUT2D eigenvalue weighted by Gasteiger charge is -2.33. The third-order valence-electron chi connectivity index (χ3n) is 4.95. The first-order valence-electron chi connectivity index (χ1n) is 7.60. The highest BCUT2D eigenvalue weighted by Gasteiger charge is 2.46. The van der Waals surface area contributed by atoms with Crippen LogP contribution in [0.4, 0.5) is 0 Å². The van der Waals surface area contributed by atoms with Crippen molar-refractivity contribution in [3.63, 3.8) is 0 Å². The Kier molecular flexibility index (Phi) is 3.49. The molecular weight excluding hydrogens is 264 g/mol. The number of nitrogens with zero attached hydrogens (tertiary/aromatic N) is 2. The molecular formula is C17H22N2O2. The molecule has 1 saturated heterocycles. The van der Waals surface area contributed by atoms with E-state index in [1.54, 1.807) is 0 Å². The van der Waals surface area contributed by atoms with Gasteiger partial charge in [-0.1, -0.05) is 25.1 Å². The number of aliphatic carboxylic acids is 1. The normalized spacial score (nSPS) is 23.0. The van der Waals surface area contributed by atoms with Gasteiger partial charge < -0.3 is 9.67 Å². The number of hydrogen-bond donors (Lipinski definition) is 1. The van der Waals surface area contributed by atoms with E-state index < -0.39 is 11.5 Å². The van der Waals surface area contributed by atoms with Crippen LogP contribution in [0.25, 0.3) is 10.9 Å². The van der Waals surface area contributed by atoms with E-state index in [1.807, 2.05) is 26.1 Å². The summed E-state index contributed by atoms with van der Waals surface area (Å²) in [5.74, 6) is -0.678. The average molecular weight is 286 g/mol. The van der Waals surface area contributed by atoms with E-state index in [1.165, 1.54) is 16.5 Å². The maximum atomic E-state index is 11.8. The van der Waals surface area contributed by atoms with Gasteiger partial charge in [-0.2, -0.15) is 0 Å². The molecule has 112 valence electrons. The quantitative estimate of drug-likeness (QED) is 0.939. The molecule has 1 aromatic carbocycles. The molecule has 3 rings (SSSR count). The van der Waals surface area contributed by atoms with E-state index in [0.29, 0.717) is 13.0 Å². The summed E-state index contributed by atoms with van der Waals surface area (Å²) in [7, 11) is 2.04. The number of benzene rings is 1. The van der Waals surface area contributed by atoms with Crippen molar-refractivity contribution < 1.29 is 9.90 Å². The average Bonchev–Trinajstić information content (AvgIpc) is 3.03. The lowest BCUT2D eigenvalue weighted by Crippen LogP contribution is -2.49. The molecule has 21 heavy (non-hydrogen) atoms. The number of likely N-dealkylation sites (tertiary alicyclic amines) is 1. The SMILES string of the molecule is CCC1(C(=O)O)CCCN1Cc1cn(C)c2ccccc12. The van der Waals surface area contributed by atoms with Crippen LogP contribution in [0.2, 0.25) is 0 Å². The first-order chi connectivity index (χ1) is 10.1. The molecule has 0 radical (unpaired) electrons. The van der Waals surface area contributed by atoms with Crippen LogP contribution in [0.15, 0.2) is 30.5 Å². The van der Waals surface area contributed by atoms with Crippen molar-refractivity contribution in [3.05, 3.63) is 36.0 Å². The standard InChI is InChI=1S/C17H22N2O2/c1-3-17(16(20)21)9-6-10-19(17)12-13-11-18(2)15-8-5-4-7-14(13)15/h4-5,7-8,11H,3,6,9-10,12H2,1-2H3,(H,20,21). The molecule has 0 spiro atoms. The summed E-state index contributed by atoms with van der Waals surface area (Å²) in [4.78, 5) is 13.9. The van der Waals surface area contributed by atoms with Crippen LogP contribution in [-0.4, -0.2) is 32.6 Å². The molecule has 1 aliphatic heterocycles. The zero-order valence-electron chi connectivity index (χ0n) is 12.7. The van der Waals surface area contributed by atoms with Gasteiger partial charge in [-0.15, -0.1) is 0 Å². The Bertz CT molecular complexity index is 676. The Morgan fingerprint density at radius 2 is 2.14 bits per heavy atom. The summed E-state index contributed by atoms with van der Waals surface area (Å²) in [5.41, 5.74) is 1.73. The Hall–Kier alpha value is -1.81. The fourth-order valence-corrected chi connectivity index (χ4v) is 3.72. The number of carboxylic acid groups (broad SMARTS) is 1. The third-order valence-corrected chi connectivity index (χ3v) is 4.95. The number of rotatable bonds is 4. The molecule has 4 heteroatoms. The third kappa shape index (κ3) is 2.14. The number of aromatic nitrogens is 1. The molecule has 0 amide bonds. The highest BCUT2D eigenvalue weighted by molar-refractivity contribution is 5.84. The summed E-state index contributed by atoms with van der Waals surface area (Å²) in [6.07, 6.45) is 4.51. The fourth-order valence-electron chi connectivity index (χ4n) is 3.72. The largest absolute Gasteiger partial charge is 0.480 e. The number of carbonyl (C=O) groups is 1. The van der Waals surface area contributed by atoms with Crippen LogP contribution >= 0.6 is 0 Å². The number of aryl methyl sites for hydroxylation is 1. The number of hydrogen-bond acceptors (Lipinski definition) is 2. The predicted molar refractivity (Wildman–Crippen MR) is 83.2 cm³/mol. The van der Waals surface area contributed by atoms with Gasteiger partial charge in [0.2, 0.25) is 0 Å². The molecule has 1 fully saturated rings. The van der Waals surface area contributed by atoms with Crippen molar-refractivity contribution in [2.24, 2.45) is 7.05 Å². The van der Waals surface area contributed by atoms with Crippen LogP contribution in [0.3, 0.4) is 0 Å². The Morgan fingerprint density at radius 3 is 2.86 bits per heavy atom. The van der Waals surface area contributed by atoms with E-state index in [4.69, 9.17) is 0 Å². The van der Waals surface area contributed by atoms with Crippen molar-refractivity contribution in [1.82, 2.24) is 9.47 Å². The van der Waals surface area contributed by atoms with Gasteiger partial charge in [0, 0.05) is 30.7 Å². The van der Waals surface area contributed by atoms with Crippen LogP contribution in [0.5, 0.6) is 0 Å². The monoisotopic (exact) mass is 286 g/mol. The van der Waals surface area contributed by atoms with Crippen LogP contribution < -0.4 is 0 Å². The second-order valence-corrected chi connectivity index (χ2v) is 6.00. The summed E-state index contributed by atoms with van der Waals surface area (Å²) in [6.45, 7) is 3.56. The minimum atomic E-state index is -0.684. The molecule has 1 aliphatic rings. The first-order valence-corrected chi connectivity index (χ1v) is 7.60.